The molecule has 0 saturated carbocycles. The monoisotopic (exact) mass is 185 g/mol. The molecule has 0 aromatic heterocycles. The first-order valence-electron chi connectivity index (χ1n) is 6.12. The van der Waals surface area contributed by atoms with Crippen molar-refractivity contribution in [3.8, 4) is 0 Å². The molecule has 0 amide bonds. The summed E-state index contributed by atoms with van der Waals surface area (Å²) < 4.78 is 0. The molecule has 1 nitrogen and oxygen atoms in total. The highest BCUT2D eigenvalue weighted by atomic mass is 14.8. The molecule has 0 aliphatic carbocycles. The number of hydrogen-bond acceptors (Lipinski definition) is 1. The highest BCUT2D eigenvalue weighted by molar-refractivity contribution is 4.48. The summed E-state index contributed by atoms with van der Waals surface area (Å²) in [6, 6.07) is 0. The Morgan fingerprint density at radius 1 is 0.615 bits per heavy atom. The lowest BCUT2D eigenvalue weighted by Gasteiger charge is -2.02. The number of rotatable bonds is 10. The molecule has 1 N–H and O–H groups in total. The lowest BCUT2D eigenvalue weighted by atomic mass is 10.1. The quantitative estimate of drug-likeness (QED) is 0.511. The van der Waals surface area contributed by atoms with Crippen molar-refractivity contribution < 1.29 is 0 Å². The predicted molar refractivity (Wildman–Crippen MR) is 61.2 cm³/mol. The molecule has 0 aromatic rings. The zero-order valence-corrected chi connectivity index (χ0v) is 9.57. The topological polar surface area (TPSA) is 12.0 Å². The van der Waals surface area contributed by atoms with E-state index < -0.39 is 0 Å². The lowest BCUT2D eigenvalue weighted by molar-refractivity contribution is 0.561. The SMILES string of the molecule is CCCCCCCCCNCCC. The second-order valence-corrected chi connectivity index (χ2v) is 3.87. The van der Waals surface area contributed by atoms with E-state index in [4.69, 9.17) is 0 Å². The van der Waals surface area contributed by atoms with Crippen molar-refractivity contribution >= 4 is 0 Å². The van der Waals surface area contributed by atoms with Gasteiger partial charge in [0.05, 0.1) is 0 Å². The Hall–Kier alpha value is -0.0400. The molecule has 0 bridgehead atoms. The minimum absolute atomic E-state index is 1.19. The Balaban J connectivity index is 2.76. The zero-order chi connectivity index (χ0) is 9.78. The normalized spacial score (nSPS) is 10.6. The van der Waals surface area contributed by atoms with Gasteiger partial charge >= 0.3 is 0 Å². The third-order valence-corrected chi connectivity index (χ3v) is 2.38. The summed E-state index contributed by atoms with van der Waals surface area (Å²) >= 11 is 0. The number of nitrogens with one attached hydrogen (secondary N) is 1. The average Bonchev–Trinajstić information content (AvgIpc) is 2.16. The van der Waals surface area contributed by atoms with Crippen molar-refractivity contribution in [2.24, 2.45) is 0 Å². The fourth-order valence-corrected chi connectivity index (χ4v) is 1.51. The number of unbranched alkanes of at least 4 members (excludes halogenated alkanes) is 6. The maximum absolute atomic E-state index is 3.44. The molecule has 0 aromatic carbocycles. The van der Waals surface area contributed by atoms with Crippen LogP contribution in [-0.2, 0) is 0 Å². The zero-order valence-electron chi connectivity index (χ0n) is 9.57. The Bertz CT molecular complexity index is 71.2. The number of hydrogen-bond donors (Lipinski definition) is 1. The summed E-state index contributed by atoms with van der Waals surface area (Å²) in [7, 11) is 0. The first kappa shape index (κ1) is 13.0. The molecule has 0 rings (SSSR count). The maximum Gasteiger partial charge on any atom is -0.00489 e. The molecule has 0 atom stereocenters. The molecule has 13 heavy (non-hydrogen) atoms. The predicted octanol–water partition coefficient (Wildman–Crippen LogP) is 3.74. The van der Waals surface area contributed by atoms with Crippen molar-refractivity contribution in [1.82, 2.24) is 5.32 Å². The molecule has 0 radical (unpaired) electrons. The van der Waals surface area contributed by atoms with E-state index in [1.807, 2.05) is 0 Å². The van der Waals surface area contributed by atoms with E-state index in [9.17, 15) is 0 Å². The second-order valence-electron chi connectivity index (χ2n) is 3.87. The Morgan fingerprint density at radius 3 is 1.85 bits per heavy atom. The summed E-state index contributed by atoms with van der Waals surface area (Å²) in [6.07, 6.45) is 11.2. The molecule has 0 aliphatic heterocycles. The van der Waals surface area contributed by atoms with Gasteiger partial charge in [-0.1, -0.05) is 52.4 Å². The summed E-state index contributed by atoms with van der Waals surface area (Å²) in [6.45, 7) is 6.91. The summed E-state index contributed by atoms with van der Waals surface area (Å²) in [5, 5.41) is 3.44. The summed E-state index contributed by atoms with van der Waals surface area (Å²) in [5.74, 6) is 0. The van der Waals surface area contributed by atoms with Crippen LogP contribution in [0.4, 0.5) is 0 Å². The van der Waals surface area contributed by atoms with Crippen LogP contribution in [0.25, 0.3) is 0 Å². The molecular weight excluding hydrogens is 158 g/mol. The van der Waals surface area contributed by atoms with Crippen LogP contribution < -0.4 is 5.32 Å². The molecule has 0 saturated heterocycles. The Labute approximate surface area is 84.3 Å². The van der Waals surface area contributed by atoms with Crippen molar-refractivity contribution in [2.75, 3.05) is 13.1 Å². The second kappa shape index (κ2) is 12.0. The molecular formula is C12H27N. The van der Waals surface area contributed by atoms with Gasteiger partial charge in [0.2, 0.25) is 0 Å². The molecule has 1 heteroatoms. The molecule has 0 spiro atoms. The molecule has 0 aliphatic rings. The van der Waals surface area contributed by atoms with Crippen molar-refractivity contribution in [3.05, 3.63) is 0 Å². The van der Waals surface area contributed by atoms with Gasteiger partial charge < -0.3 is 5.32 Å². The first-order valence-corrected chi connectivity index (χ1v) is 6.12. The van der Waals surface area contributed by atoms with Crippen molar-refractivity contribution in [1.29, 1.82) is 0 Å². The van der Waals surface area contributed by atoms with Crippen LogP contribution in [0.15, 0.2) is 0 Å². The first-order chi connectivity index (χ1) is 6.41. The fourth-order valence-electron chi connectivity index (χ4n) is 1.51. The van der Waals surface area contributed by atoms with Crippen LogP contribution in [-0.4, -0.2) is 13.1 Å². The van der Waals surface area contributed by atoms with Crippen LogP contribution in [0, 0.1) is 0 Å². The smallest absolute Gasteiger partial charge is 0.00489 e. The van der Waals surface area contributed by atoms with E-state index in [1.165, 1.54) is 64.5 Å². The van der Waals surface area contributed by atoms with E-state index >= 15 is 0 Å². The van der Waals surface area contributed by atoms with Gasteiger partial charge in [0.25, 0.3) is 0 Å². The van der Waals surface area contributed by atoms with Gasteiger partial charge in [0.1, 0.15) is 0 Å². The van der Waals surface area contributed by atoms with Gasteiger partial charge in [-0.3, -0.25) is 0 Å². The van der Waals surface area contributed by atoms with Crippen molar-refractivity contribution in [2.45, 2.75) is 65.2 Å². The summed E-state index contributed by atoms with van der Waals surface area (Å²) in [4.78, 5) is 0. The Kier molecular flexibility index (Phi) is 11.9. The highest BCUT2D eigenvalue weighted by Gasteiger charge is 1.90. The van der Waals surface area contributed by atoms with E-state index in [1.54, 1.807) is 0 Å². The average molecular weight is 185 g/mol. The molecule has 80 valence electrons. The Morgan fingerprint density at radius 2 is 1.23 bits per heavy atom. The molecule has 0 unspecified atom stereocenters. The largest absolute Gasteiger partial charge is 0.317 e. The van der Waals surface area contributed by atoms with Gasteiger partial charge in [-0.25, -0.2) is 0 Å². The minimum atomic E-state index is 1.19. The standard InChI is InChI=1S/C12H27N/c1-3-5-6-7-8-9-10-12-13-11-4-2/h13H,3-12H2,1-2H3. The van der Waals surface area contributed by atoms with Crippen LogP contribution >= 0.6 is 0 Å². The van der Waals surface area contributed by atoms with E-state index in [-0.39, 0.29) is 0 Å². The van der Waals surface area contributed by atoms with Crippen molar-refractivity contribution in [3.63, 3.8) is 0 Å². The van der Waals surface area contributed by atoms with Gasteiger partial charge in [-0.2, -0.15) is 0 Å². The molecule has 0 fully saturated rings. The van der Waals surface area contributed by atoms with Gasteiger partial charge in [-0.05, 0) is 25.9 Å². The van der Waals surface area contributed by atoms with E-state index in [2.05, 4.69) is 19.2 Å². The highest BCUT2D eigenvalue weighted by Crippen LogP contribution is 2.06. The maximum atomic E-state index is 3.44. The van der Waals surface area contributed by atoms with Gasteiger partial charge in [0, 0.05) is 0 Å². The van der Waals surface area contributed by atoms with Crippen LogP contribution in [0.3, 0.4) is 0 Å². The van der Waals surface area contributed by atoms with E-state index in [0.717, 1.165) is 0 Å². The van der Waals surface area contributed by atoms with Gasteiger partial charge in [-0.15, -0.1) is 0 Å². The fraction of sp³-hybridized carbons (Fsp3) is 1.00. The van der Waals surface area contributed by atoms with Crippen LogP contribution in [0.2, 0.25) is 0 Å². The van der Waals surface area contributed by atoms with Gasteiger partial charge in [0.15, 0.2) is 0 Å². The lowest BCUT2D eigenvalue weighted by Crippen LogP contribution is -2.15. The van der Waals surface area contributed by atoms with E-state index in [0.29, 0.717) is 0 Å². The minimum Gasteiger partial charge on any atom is -0.317 e. The summed E-state index contributed by atoms with van der Waals surface area (Å²) in [5.41, 5.74) is 0. The van der Waals surface area contributed by atoms with Crippen LogP contribution in [0.5, 0.6) is 0 Å². The molecule has 0 heterocycles. The third kappa shape index (κ3) is 12.0. The third-order valence-electron chi connectivity index (χ3n) is 2.38. The van der Waals surface area contributed by atoms with Crippen LogP contribution in [0.1, 0.15) is 65.2 Å².